The number of anilines is 1. The number of rotatable bonds is 5. The summed E-state index contributed by atoms with van der Waals surface area (Å²) in [7, 11) is 1.58. The van der Waals surface area contributed by atoms with Crippen LogP contribution in [0.1, 0.15) is 21.6 Å². The summed E-state index contributed by atoms with van der Waals surface area (Å²) in [5.74, 6) is 0.941. The zero-order chi connectivity index (χ0) is 18.7. The Kier molecular flexibility index (Phi) is 5.49. The summed E-state index contributed by atoms with van der Waals surface area (Å²) in [6.07, 6.45) is 0. The van der Waals surface area contributed by atoms with Gasteiger partial charge in [-0.3, -0.25) is 9.48 Å². The topological polar surface area (TPSA) is 56.1 Å². The van der Waals surface area contributed by atoms with Gasteiger partial charge in [0.05, 0.1) is 13.7 Å². The van der Waals surface area contributed by atoms with Crippen molar-refractivity contribution in [3.8, 4) is 5.75 Å². The lowest BCUT2D eigenvalue weighted by Crippen LogP contribution is -2.13. The van der Waals surface area contributed by atoms with E-state index < -0.39 is 0 Å². The van der Waals surface area contributed by atoms with Crippen molar-refractivity contribution in [1.29, 1.82) is 0 Å². The zero-order valence-electron chi connectivity index (χ0n) is 14.3. The predicted molar refractivity (Wildman–Crippen MR) is 103 cm³/mol. The summed E-state index contributed by atoms with van der Waals surface area (Å²) < 4.78 is 6.87. The number of carbonyl (C=O) groups is 1. The molecular weight excluding hydrogens is 373 g/mol. The number of amides is 1. The van der Waals surface area contributed by atoms with Gasteiger partial charge in [0.15, 0.2) is 5.82 Å². The van der Waals surface area contributed by atoms with Crippen LogP contribution in [0.4, 0.5) is 5.82 Å². The van der Waals surface area contributed by atoms with Crippen LogP contribution in [-0.4, -0.2) is 22.8 Å². The number of methoxy groups -OCH3 is 1. The second-order valence-electron chi connectivity index (χ2n) is 5.75. The average Bonchev–Trinajstić information content (AvgIpc) is 2.96. The van der Waals surface area contributed by atoms with Gasteiger partial charge in [-0.2, -0.15) is 5.10 Å². The molecule has 5 nitrogen and oxygen atoms in total. The van der Waals surface area contributed by atoms with E-state index in [0.29, 0.717) is 33.7 Å². The normalized spacial score (nSPS) is 10.6. The Morgan fingerprint density at radius 2 is 1.88 bits per heavy atom. The summed E-state index contributed by atoms with van der Waals surface area (Å²) in [6, 6.07) is 14.0. The van der Waals surface area contributed by atoms with Crippen LogP contribution in [0.3, 0.4) is 0 Å². The quantitative estimate of drug-likeness (QED) is 0.681. The van der Waals surface area contributed by atoms with Crippen LogP contribution in [0.2, 0.25) is 10.0 Å². The number of benzene rings is 2. The van der Waals surface area contributed by atoms with Gasteiger partial charge in [0.2, 0.25) is 0 Å². The highest BCUT2D eigenvalue weighted by Crippen LogP contribution is 2.23. The Morgan fingerprint density at radius 1 is 1.15 bits per heavy atom. The standard InChI is InChI=1S/C19H17Cl2N3O2/c1-12-9-18(22-19(25)13-4-7-16(26-2)8-5-13)23-24(12)11-14-3-6-15(20)10-17(14)21/h3-10H,11H2,1-2H3,(H,22,23,25). The van der Waals surface area contributed by atoms with Crippen LogP contribution in [-0.2, 0) is 6.54 Å². The fourth-order valence-corrected chi connectivity index (χ4v) is 2.94. The maximum atomic E-state index is 12.3. The summed E-state index contributed by atoms with van der Waals surface area (Å²) in [6.45, 7) is 2.40. The molecule has 0 fully saturated rings. The van der Waals surface area contributed by atoms with Crippen molar-refractivity contribution in [3.05, 3.63) is 75.4 Å². The first kappa shape index (κ1) is 18.3. The monoisotopic (exact) mass is 389 g/mol. The largest absolute Gasteiger partial charge is 0.497 e. The van der Waals surface area contributed by atoms with E-state index in [4.69, 9.17) is 27.9 Å². The van der Waals surface area contributed by atoms with Crippen molar-refractivity contribution in [2.24, 2.45) is 0 Å². The first-order valence-electron chi connectivity index (χ1n) is 7.90. The van der Waals surface area contributed by atoms with E-state index in [-0.39, 0.29) is 5.91 Å². The number of nitrogens with one attached hydrogen (secondary N) is 1. The van der Waals surface area contributed by atoms with Crippen LogP contribution in [0.25, 0.3) is 0 Å². The van der Waals surface area contributed by atoms with E-state index in [1.807, 2.05) is 19.1 Å². The first-order valence-corrected chi connectivity index (χ1v) is 8.65. The maximum Gasteiger partial charge on any atom is 0.256 e. The van der Waals surface area contributed by atoms with Crippen LogP contribution >= 0.6 is 23.2 Å². The van der Waals surface area contributed by atoms with Gasteiger partial charge in [0.25, 0.3) is 5.91 Å². The lowest BCUT2D eigenvalue weighted by atomic mass is 10.2. The van der Waals surface area contributed by atoms with E-state index in [1.165, 1.54) is 0 Å². The number of carbonyl (C=O) groups excluding carboxylic acids is 1. The molecular formula is C19H17Cl2N3O2. The zero-order valence-corrected chi connectivity index (χ0v) is 15.8. The maximum absolute atomic E-state index is 12.3. The predicted octanol–water partition coefficient (Wildman–Crippen LogP) is 4.81. The Hall–Kier alpha value is -2.50. The number of hydrogen-bond acceptors (Lipinski definition) is 3. The molecule has 0 bridgehead atoms. The molecule has 1 amide bonds. The van der Waals surface area contributed by atoms with Gasteiger partial charge in [0.1, 0.15) is 5.75 Å². The number of halogens is 2. The minimum absolute atomic E-state index is 0.234. The molecule has 1 N–H and O–H groups in total. The van der Waals surface area contributed by atoms with Gasteiger partial charge < -0.3 is 10.1 Å². The lowest BCUT2D eigenvalue weighted by molar-refractivity contribution is 0.102. The van der Waals surface area contributed by atoms with E-state index in [2.05, 4.69) is 10.4 Å². The molecule has 0 unspecified atom stereocenters. The molecule has 1 heterocycles. The fourth-order valence-electron chi connectivity index (χ4n) is 2.47. The molecule has 3 aromatic rings. The molecule has 0 atom stereocenters. The van der Waals surface area contributed by atoms with Gasteiger partial charge >= 0.3 is 0 Å². The molecule has 7 heteroatoms. The second-order valence-corrected chi connectivity index (χ2v) is 6.59. The van der Waals surface area contributed by atoms with Gasteiger partial charge in [-0.15, -0.1) is 0 Å². The summed E-state index contributed by atoms with van der Waals surface area (Å²) in [5.41, 5.74) is 2.33. The highest BCUT2D eigenvalue weighted by atomic mass is 35.5. The van der Waals surface area contributed by atoms with E-state index in [0.717, 1.165) is 11.3 Å². The molecule has 0 saturated heterocycles. The van der Waals surface area contributed by atoms with Crippen molar-refractivity contribution in [2.45, 2.75) is 13.5 Å². The number of aryl methyl sites for hydroxylation is 1. The molecule has 0 aliphatic heterocycles. The molecule has 0 aliphatic carbocycles. The summed E-state index contributed by atoms with van der Waals surface area (Å²) in [4.78, 5) is 12.3. The molecule has 0 aliphatic rings. The molecule has 3 rings (SSSR count). The third-order valence-electron chi connectivity index (χ3n) is 3.91. The molecule has 2 aromatic carbocycles. The summed E-state index contributed by atoms with van der Waals surface area (Å²) >= 11 is 12.1. The molecule has 0 spiro atoms. The minimum Gasteiger partial charge on any atom is -0.497 e. The molecule has 26 heavy (non-hydrogen) atoms. The van der Waals surface area contributed by atoms with Crippen LogP contribution < -0.4 is 10.1 Å². The SMILES string of the molecule is COc1ccc(C(=O)Nc2cc(C)n(Cc3ccc(Cl)cc3Cl)n2)cc1. The third kappa shape index (κ3) is 4.18. The van der Waals surface area contributed by atoms with Crippen LogP contribution in [0.5, 0.6) is 5.75 Å². The van der Waals surface area contributed by atoms with Crippen molar-refractivity contribution in [3.63, 3.8) is 0 Å². The van der Waals surface area contributed by atoms with Crippen LogP contribution in [0, 0.1) is 6.92 Å². The van der Waals surface area contributed by atoms with Crippen molar-refractivity contribution in [2.75, 3.05) is 12.4 Å². The molecule has 134 valence electrons. The number of aromatic nitrogens is 2. The Labute approximate surface area is 161 Å². The van der Waals surface area contributed by atoms with Gasteiger partial charge in [-0.1, -0.05) is 29.3 Å². The van der Waals surface area contributed by atoms with Gasteiger partial charge in [0, 0.05) is 27.4 Å². The van der Waals surface area contributed by atoms with Gasteiger partial charge in [-0.05, 0) is 48.9 Å². The molecule has 0 radical (unpaired) electrons. The van der Waals surface area contributed by atoms with Crippen LogP contribution in [0.15, 0.2) is 48.5 Å². The highest BCUT2D eigenvalue weighted by Gasteiger charge is 2.11. The Balaban J connectivity index is 1.73. The first-order chi connectivity index (χ1) is 12.5. The molecule has 0 saturated carbocycles. The number of ether oxygens (including phenoxy) is 1. The Morgan fingerprint density at radius 3 is 2.54 bits per heavy atom. The summed E-state index contributed by atoms with van der Waals surface area (Å²) in [5, 5.41) is 8.40. The number of nitrogens with zero attached hydrogens (tertiary/aromatic N) is 2. The minimum atomic E-state index is -0.234. The smallest absolute Gasteiger partial charge is 0.256 e. The van der Waals surface area contributed by atoms with Crippen molar-refractivity contribution >= 4 is 34.9 Å². The van der Waals surface area contributed by atoms with E-state index in [1.54, 1.807) is 48.2 Å². The van der Waals surface area contributed by atoms with Gasteiger partial charge in [-0.25, -0.2) is 0 Å². The second kappa shape index (κ2) is 7.81. The number of hydrogen-bond donors (Lipinski definition) is 1. The highest BCUT2D eigenvalue weighted by molar-refractivity contribution is 6.35. The lowest BCUT2D eigenvalue weighted by Gasteiger charge is -2.07. The third-order valence-corrected chi connectivity index (χ3v) is 4.50. The Bertz CT molecular complexity index is 936. The van der Waals surface area contributed by atoms with Crippen molar-refractivity contribution in [1.82, 2.24) is 9.78 Å². The average molecular weight is 390 g/mol. The van der Waals surface area contributed by atoms with E-state index >= 15 is 0 Å². The van der Waals surface area contributed by atoms with Crippen molar-refractivity contribution < 1.29 is 9.53 Å². The fraction of sp³-hybridized carbons (Fsp3) is 0.158. The van der Waals surface area contributed by atoms with E-state index in [9.17, 15) is 4.79 Å². The molecule has 1 aromatic heterocycles.